The molecule has 1 aromatic rings. The molecule has 21 heavy (non-hydrogen) atoms. The van der Waals surface area contributed by atoms with E-state index >= 15 is 0 Å². The first-order valence-electron chi connectivity index (χ1n) is 6.68. The molecule has 0 unspecified atom stereocenters. The average Bonchev–Trinajstić information content (AvgIpc) is 2.45. The Bertz CT molecular complexity index is 599. The standard InChI is InChI=1S/C14H16N2O5/c1-9-4-2-6-11(12(9)16(20)21)13(17)15-7-3-5-10(8-15)14(18)19/h2,4,6,10H,3,5,7-8H2,1H3,(H,18,19)/t10-/m1/s1. The van der Waals surface area contributed by atoms with Gasteiger partial charge in [0.15, 0.2) is 0 Å². The van der Waals surface area contributed by atoms with Gasteiger partial charge in [-0.05, 0) is 25.8 Å². The van der Waals surface area contributed by atoms with E-state index in [0.717, 1.165) is 0 Å². The number of piperidine rings is 1. The molecule has 2 rings (SSSR count). The van der Waals surface area contributed by atoms with Crippen LogP contribution in [0.25, 0.3) is 0 Å². The molecule has 0 spiro atoms. The summed E-state index contributed by atoms with van der Waals surface area (Å²) in [6.07, 6.45) is 1.11. The first-order valence-corrected chi connectivity index (χ1v) is 6.68. The van der Waals surface area contributed by atoms with E-state index in [1.165, 1.54) is 11.0 Å². The Morgan fingerprint density at radius 2 is 2.14 bits per heavy atom. The van der Waals surface area contributed by atoms with E-state index in [-0.39, 0.29) is 17.8 Å². The van der Waals surface area contributed by atoms with E-state index in [1.54, 1.807) is 19.1 Å². The van der Waals surface area contributed by atoms with Crippen LogP contribution >= 0.6 is 0 Å². The second-order valence-corrected chi connectivity index (χ2v) is 5.16. The Morgan fingerprint density at radius 3 is 2.76 bits per heavy atom. The Hall–Kier alpha value is -2.44. The fourth-order valence-corrected chi connectivity index (χ4v) is 2.61. The van der Waals surface area contributed by atoms with Gasteiger partial charge in [-0.15, -0.1) is 0 Å². The van der Waals surface area contributed by atoms with Crippen LogP contribution in [0.4, 0.5) is 5.69 Å². The van der Waals surface area contributed by atoms with Gasteiger partial charge in [-0.2, -0.15) is 0 Å². The number of likely N-dealkylation sites (tertiary alicyclic amines) is 1. The Balaban J connectivity index is 2.30. The van der Waals surface area contributed by atoms with Crippen LogP contribution in [0.5, 0.6) is 0 Å². The van der Waals surface area contributed by atoms with Crippen molar-refractivity contribution in [2.24, 2.45) is 5.92 Å². The molecule has 1 fully saturated rings. The summed E-state index contributed by atoms with van der Waals surface area (Å²) < 4.78 is 0. The van der Waals surface area contributed by atoms with Gasteiger partial charge in [-0.1, -0.05) is 12.1 Å². The molecule has 1 aliphatic rings. The summed E-state index contributed by atoms with van der Waals surface area (Å²) >= 11 is 0. The first-order chi connectivity index (χ1) is 9.91. The van der Waals surface area contributed by atoms with E-state index in [4.69, 9.17) is 5.11 Å². The molecule has 0 radical (unpaired) electrons. The van der Waals surface area contributed by atoms with Crippen LogP contribution in [0.2, 0.25) is 0 Å². The second-order valence-electron chi connectivity index (χ2n) is 5.16. The largest absolute Gasteiger partial charge is 0.481 e. The second kappa shape index (κ2) is 5.90. The van der Waals surface area contributed by atoms with Crippen molar-refractivity contribution in [1.82, 2.24) is 4.90 Å². The lowest BCUT2D eigenvalue weighted by Gasteiger charge is -2.30. The molecule has 1 heterocycles. The van der Waals surface area contributed by atoms with Crippen molar-refractivity contribution in [3.63, 3.8) is 0 Å². The van der Waals surface area contributed by atoms with Gasteiger partial charge in [0.2, 0.25) is 0 Å². The van der Waals surface area contributed by atoms with Crippen LogP contribution in [0, 0.1) is 23.0 Å². The minimum Gasteiger partial charge on any atom is -0.481 e. The van der Waals surface area contributed by atoms with Crippen LogP contribution in [0.3, 0.4) is 0 Å². The SMILES string of the molecule is Cc1cccc(C(=O)N2CCC[C@@H](C(=O)O)C2)c1[N+](=O)[O-]. The number of hydrogen-bond acceptors (Lipinski definition) is 4. The van der Waals surface area contributed by atoms with Gasteiger partial charge >= 0.3 is 5.97 Å². The number of amides is 1. The summed E-state index contributed by atoms with van der Waals surface area (Å²) in [5, 5.41) is 20.2. The molecule has 7 heteroatoms. The Kier molecular flexibility index (Phi) is 4.21. The summed E-state index contributed by atoms with van der Waals surface area (Å²) in [4.78, 5) is 35.5. The molecule has 7 nitrogen and oxygen atoms in total. The van der Waals surface area contributed by atoms with Crippen molar-refractivity contribution in [3.05, 3.63) is 39.4 Å². The van der Waals surface area contributed by atoms with E-state index in [1.807, 2.05) is 0 Å². The van der Waals surface area contributed by atoms with E-state index in [2.05, 4.69) is 0 Å². The molecular formula is C14H16N2O5. The predicted octanol–water partition coefficient (Wildman–Crippen LogP) is 1.84. The number of aliphatic carboxylic acids is 1. The molecule has 0 bridgehead atoms. The van der Waals surface area contributed by atoms with Crippen molar-refractivity contribution < 1.29 is 19.6 Å². The predicted molar refractivity (Wildman–Crippen MR) is 74.1 cm³/mol. The molecule has 1 amide bonds. The topological polar surface area (TPSA) is 101 Å². The third-order valence-electron chi connectivity index (χ3n) is 3.71. The van der Waals surface area contributed by atoms with E-state index in [0.29, 0.717) is 24.9 Å². The minimum atomic E-state index is -0.939. The number of benzene rings is 1. The fourth-order valence-electron chi connectivity index (χ4n) is 2.61. The molecule has 0 aliphatic carbocycles. The fraction of sp³-hybridized carbons (Fsp3) is 0.429. The monoisotopic (exact) mass is 292 g/mol. The number of aryl methyl sites for hydroxylation is 1. The lowest BCUT2D eigenvalue weighted by molar-refractivity contribution is -0.385. The highest BCUT2D eigenvalue weighted by molar-refractivity contribution is 5.99. The maximum absolute atomic E-state index is 12.5. The Morgan fingerprint density at radius 1 is 1.43 bits per heavy atom. The molecule has 1 saturated heterocycles. The van der Waals surface area contributed by atoms with Gasteiger partial charge in [0, 0.05) is 18.7 Å². The maximum atomic E-state index is 12.5. The van der Waals surface area contributed by atoms with Crippen molar-refractivity contribution in [3.8, 4) is 0 Å². The number of hydrogen-bond donors (Lipinski definition) is 1. The molecule has 1 aromatic carbocycles. The molecule has 0 saturated carbocycles. The summed E-state index contributed by atoms with van der Waals surface area (Å²) in [5.41, 5.74) is 0.226. The van der Waals surface area contributed by atoms with Gasteiger partial charge in [-0.3, -0.25) is 19.7 Å². The highest BCUT2D eigenvalue weighted by atomic mass is 16.6. The van der Waals surface area contributed by atoms with Gasteiger partial charge in [0.05, 0.1) is 10.8 Å². The van der Waals surface area contributed by atoms with Crippen molar-refractivity contribution >= 4 is 17.6 Å². The molecule has 1 N–H and O–H groups in total. The van der Waals surface area contributed by atoms with E-state index in [9.17, 15) is 19.7 Å². The third-order valence-corrected chi connectivity index (χ3v) is 3.71. The molecular weight excluding hydrogens is 276 g/mol. The number of rotatable bonds is 3. The number of nitrogens with zero attached hydrogens (tertiary/aromatic N) is 2. The summed E-state index contributed by atoms with van der Waals surface area (Å²) in [7, 11) is 0. The molecule has 1 atom stereocenters. The number of nitro groups is 1. The van der Waals surface area contributed by atoms with Crippen LogP contribution < -0.4 is 0 Å². The third kappa shape index (κ3) is 3.01. The number of carboxylic acid groups (broad SMARTS) is 1. The molecule has 0 aromatic heterocycles. The van der Waals surface area contributed by atoms with Crippen molar-refractivity contribution in [2.75, 3.05) is 13.1 Å². The number of carbonyl (C=O) groups is 2. The van der Waals surface area contributed by atoms with Crippen LogP contribution in [0.1, 0.15) is 28.8 Å². The van der Waals surface area contributed by atoms with Crippen molar-refractivity contribution in [2.45, 2.75) is 19.8 Å². The van der Waals surface area contributed by atoms with Gasteiger partial charge in [-0.25, -0.2) is 0 Å². The average molecular weight is 292 g/mol. The minimum absolute atomic E-state index is 0.0195. The normalized spacial score (nSPS) is 18.3. The van der Waals surface area contributed by atoms with Gasteiger partial charge in [0.1, 0.15) is 5.56 Å². The zero-order valence-corrected chi connectivity index (χ0v) is 11.6. The number of carboxylic acids is 1. The number of nitro benzene ring substituents is 1. The first kappa shape index (κ1) is 15.0. The Labute approximate surface area is 121 Å². The van der Waals surface area contributed by atoms with Crippen LogP contribution in [0.15, 0.2) is 18.2 Å². The molecule has 1 aliphatic heterocycles. The molecule has 112 valence electrons. The lowest BCUT2D eigenvalue weighted by atomic mass is 9.97. The smallest absolute Gasteiger partial charge is 0.308 e. The summed E-state index contributed by atoms with van der Waals surface area (Å²) in [5.74, 6) is -2.02. The lowest BCUT2D eigenvalue weighted by Crippen LogP contribution is -2.42. The van der Waals surface area contributed by atoms with Gasteiger partial charge in [0.25, 0.3) is 11.6 Å². The van der Waals surface area contributed by atoms with Crippen LogP contribution in [-0.4, -0.2) is 39.9 Å². The highest BCUT2D eigenvalue weighted by Crippen LogP contribution is 2.26. The maximum Gasteiger partial charge on any atom is 0.308 e. The number of carbonyl (C=O) groups excluding carboxylic acids is 1. The number of para-hydroxylation sites is 1. The zero-order valence-electron chi connectivity index (χ0n) is 11.6. The quantitative estimate of drug-likeness (QED) is 0.676. The summed E-state index contributed by atoms with van der Waals surface area (Å²) in [6.45, 7) is 2.10. The van der Waals surface area contributed by atoms with Crippen LogP contribution in [-0.2, 0) is 4.79 Å². The summed E-state index contributed by atoms with van der Waals surface area (Å²) in [6, 6.07) is 4.58. The van der Waals surface area contributed by atoms with E-state index < -0.39 is 22.7 Å². The zero-order chi connectivity index (χ0) is 15.6. The highest BCUT2D eigenvalue weighted by Gasteiger charge is 2.32. The van der Waals surface area contributed by atoms with Gasteiger partial charge < -0.3 is 10.0 Å². The van der Waals surface area contributed by atoms with Crippen molar-refractivity contribution in [1.29, 1.82) is 0 Å².